The first-order valence-corrected chi connectivity index (χ1v) is 6.65. The monoisotopic (exact) mass is 255 g/mol. The first-order valence-electron chi connectivity index (χ1n) is 5.26. The van der Waals surface area contributed by atoms with Gasteiger partial charge in [-0.2, -0.15) is 11.8 Å². The highest BCUT2D eigenvalue weighted by molar-refractivity contribution is 7.98. The van der Waals surface area contributed by atoms with Gasteiger partial charge >= 0.3 is 0 Å². The van der Waals surface area contributed by atoms with Crippen LogP contribution in [0.25, 0.3) is 0 Å². The molecule has 1 aromatic rings. The van der Waals surface area contributed by atoms with E-state index >= 15 is 0 Å². The Kier molecular flexibility index (Phi) is 4.69. The van der Waals surface area contributed by atoms with E-state index in [-0.39, 0.29) is 29.0 Å². The van der Waals surface area contributed by atoms with Gasteiger partial charge in [-0.05, 0) is 25.3 Å². The summed E-state index contributed by atoms with van der Waals surface area (Å²) in [6.07, 6.45) is 1.97. The molecule has 1 rings (SSSR count). The standard InChI is InChI=1S/C12H17NO3S/c1-8(7-17-3)13(2)12(16)9-5-4-6-10(14)11(9)15/h4-6,8,14-15H,7H2,1-3H3. The van der Waals surface area contributed by atoms with Gasteiger partial charge in [-0.25, -0.2) is 0 Å². The van der Waals surface area contributed by atoms with E-state index in [0.29, 0.717) is 0 Å². The lowest BCUT2D eigenvalue weighted by Gasteiger charge is -2.24. The number of rotatable bonds is 4. The van der Waals surface area contributed by atoms with Crippen LogP contribution in [-0.4, -0.2) is 46.1 Å². The van der Waals surface area contributed by atoms with Crippen molar-refractivity contribution < 1.29 is 15.0 Å². The van der Waals surface area contributed by atoms with Crippen LogP contribution in [0.2, 0.25) is 0 Å². The van der Waals surface area contributed by atoms with Crippen molar-refractivity contribution in [1.29, 1.82) is 0 Å². The van der Waals surface area contributed by atoms with Crippen LogP contribution in [0.5, 0.6) is 11.5 Å². The third kappa shape index (κ3) is 3.06. The van der Waals surface area contributed by atoms with E-state index in [1.807, 2.05) is 13.2 Å². The van der Waals surface area contributed by atoms with Gasteiger partial charge in [0, 0.05) is 18.8 Å². The summed E-state index contributed by atoms with van der Waals surface area (Å²) >= 11 is 1.65. The van der Waals surface area contributed by atoms with Crippen LogP contribution in [0, 0.1) is 0 Å². The number of carbonyl (C=O) groups excluding carboxylic acids is 1. The molecule has 0 saturated heterocycles. The molecule has 0 bridgehead atoms. The number of thioether (sulfide) groups is 1. The summed E-state index contributed by atoms with van der Waals surface area (Å²) < 4.78 is 0. The molecule has 0 radical (unpaired) electrons. The smallest absolute Gasteiger partial charge is 0.257 e. The van der Waals surface area contributed by atoms with Crippen molar-refractivity contribution >= 4 is 17.7 Å². The molecule has 0 aromatic heterocycles. The highest BCUT2D eigenvalue weighted by Gasteiger charge is 2.21. The Morgan fingerprint density at radius 3 is 2.71 bits per heavy atom. The molecule has 0 aliphatic carbocycles. The molecule has 1 aromatic carbocycles. The Hall–Kier alpha value is -1.36. The molecule has 0 saturated carbocycles. The average Bonchev–Trinajstić information content (AvgIpc) is 2.31. The molecule has 5 heteroatoms. The maximum absolute atomic E-state index is 12.1. The summed E-state index contributed by atoms with van der Waals surface area (Å²) in [5.41, 5.74) is 0.125. The predicted molar refractivity (Wildman–Crippen MR) is 69.7 cm³/mol. The number of carbonyl (C=O) groups is 1. The van der Waals surface area contributed by atoms with Gasteiger partial charge in [-0.3, -0.25) is 4.79 Å². The van der Waals surface area contributed by atoms with Gasteiger partial charge in [-0.15, -0.1) is 0 Å². The number of amides is 1. The van der Waals surface area contributed by atoms with E-state index in [1.54, 1.807) is 23.7 Å². The fourth-order valence-corrected chi connectivity index (χ4v) is 2.15. The summed E-state index contributed by atoms with van der Waals surface area (Å²) in [4.78, 5) is 13.6. The third-order valence-electron chi connectivity index (χ3n) is 2.63. The molecule has 0 fully saturated rings. The van der Waals surface area contributed by atoms with Crippen LogP contribution in [0.15, 0.2) is 18.2 Å². The zero-order chi connectivity index (χ0) is 13.0. The van der Waals surface area contributed by atoms with E-state index in [2.05, 4.69) is 0 Å². The topological polar surface area (TPSA) is 60.8 Å². The second kappa shape index (κ2) is 5.82. The first kappa shape index (κ1) is 13.7. The molecule has 0 aliphatic rings. The zero-order valence-corrected chi connectivity index (χ0v) is 11.0. The molecule has 17 heavy (non-hydrogen) atoms. The predicted octanol–water partition coefficient (Wildman–Crippen LogP) is 1.92. The second-order valence-corrected chi connectivity index (χ2v) is 4.80. The van der Waals surface area contributed by atoms with Crippen molar-refractivity contribution in [3.63, 3.8) is 0 Å². The zero-order valence-electron chi connectivity index (χ0n) is 10.2. The molecule has 0 spiro atoms. The molecular formula is C12H17NO3S. The molecule has 0 aliphatic heterocycles. The molecule has 4 nitrogen and oxygen atoms in total. The molecular weight excluding hydrogens is 238 g/mol. The van der Waals surface area contributed by atoms with Crippen LogP contribution in [0.3, 0.4) is 0 Å². The normalized spacial score (nSPS) is 12.2. The van der Waals surface area contributed by atoms with Crippen LogP contribution in [0.1, 0.15) is 17.3 Å². The van der Waals surface area contributed by atoms with Gasteiger partial charge in [0.1, 0.15) is 0 Å². The minimum atomic E-state index is -0.360. The van der Waals surface area contributed by atoms with Crippen LogP contribution in [0.4, 0.5) is 0 Å². The Bertz CT molecular complexity index is 409. The van der Waals surface area contributed by atoms with Gasteiger partial charge in [0.15, 0.2) is 11.5 Å². The van der Waals surface area contributed by atoms with Crippen molar-refractivity contribution in [3.05, 3.63) is 23.8 Å². The van der Waals surface area contributed by atoms with E-state index < -0.39 is 0 Å². The van der Waals surface area contributed by atoms with E-state index in [1.165, 1.54) is 18.2 Å². The fraction of sp³-hybridized carbons (Fsp3) is 0.417. The van der Waals surface area contributed by atoms with E-state index in [0.717, 1.165) is 5.75 Å². The Balaban J connectivity index is 2.93. The minimum Gasteiger partial charge on any atom is -0.504 e. The van der Waals surface area contributed by atoms with E-state index in [4.69, 9.17) is 0 Å². The number of para-hydroxylation sites is 1. The van der Waals surface area contributed by atoms with Crippen LogP contribution < -0.4 is 0 Å². The van der Waals surface area contributed by atoms with Crippen LogP contribution >= 0.6 is 11.8 Å². The minimum absolute atomic E-state index is 0.0687. The van der Waals surface area contributed by atoms with Gasteiger partial charge in [0.2, 0.25) is 0 Å². The van der Waals surface area contributed by atoms with Gasteiger partial charge < -0.3 is 15.1 Å². The highest BCUT2D eigenvalue weighted by Crippen LogP contribution is 2.29. The van der Waals surface area contributed by atoms with Crippen molar-refractivity contribution in [1.82, 2.24) is 4.90 Å². The molecule has 2 N–H and O–H groups in total. The van der Waals surface area contributed by atoms with Gasteiger partial charge in [0.05, 0.1) is 5.56 Å². The number of phenolic OH excluding ortho intramolecular Hbond substituents is 2. The summed E-state index contributed by atoms with van der Waals surface area (Å²) in [6.45, 7) is 1.94. The summed E-state index contributed by atoms with van der Waals surface area (Å²) in [5, 5.41) is 19.0. The molecule has 1 amide bonds. The largest absolute Gasteiger partial charge is 0.504 e. The second-order valence-electron chi connectivity index (χ2n) is 3.89. The third-order valence-corrected chi connectivity index (χ3v) is 3.45. The molecule has 0 heterocycles. The number of hydrogen-bond acceptors (Lipinski definition) is 4. The lowest BCUT2D eigenvalue weighted by molar-refractivity contribution is 0.0754. The maximum Gasteiger partial charge on any atom is 0.257 e. The van der Waals surface area contributed by atoms with E-state index in [9.17, 15) is 15.0 Å². The Morgan fingerprint density at radius 2 is 2.12 bits per heavy atom. The fourth-order valence-electron chi connectivity index (χ4n) is 1.45. The lowest BCUT2D eigenvalue weighted by Crippen LogP contribution is -2.36. The number of nitrogens with zero attached hydrogens (tertiary/aromatic N) is 1. The van der Waals surface area contributed by atoms with Crippen molar-refractivity contribution in [2.24, 2.45) is 0 Å². The number of aromatic hydroxyl groups is 2. The average molecular weight is 255 g/mol. The highest BCUT2D eigenvalue weighted by atomic mass is 32.2. The number of phenols is 2. The quantitative estimate of drug-likeness (QED) is 0.807. The van der Waals surface area contributed by atoms with Crippen molar-refractivity contribution in [2.45, 2.75) is 13.0 Å². The summed E-state index contributed by atoms with van der Waals surface area (Å²) in [7, 11) is 1.69. The summed E-state index contributed by atoms with van der Waals surface area (Å²) in [6, 6.07) is 4.45. The first-order chi connectivity index (χ1) is 7.99. The molecule has 1 atom stereocenters. The lowest BCUT2D eigenvalue weighted by atomic mass is 10.1. The van der Waals surface area contributed by atoms with Gasteiger partial charge in [-0.1, -0.05) is 6.07 Å². The number of benzene rings is 1. The Morgan fingerprint density at radius 1 is 1.47 bits per heavy atom. The number of hydrogen-bond donors (Lipinski definition) is 2. The molecule has 94 valence electrons. The SMILES string of the molecule is CSCC(C)N(C)C(=O)c1cccc(O)c1O. The van der Waals surface area contributed by atoms with Crippen molar-refractivity contribution in [2.75, 3.05) is 19.1 Å². The summed E-state index contributed by atoms with van der Waals surface area (Å²) in [5.74, 6) is -0.107. The maximum atomic E-state index is 12.1. The van der Waals surface area contributed by atoms with Gasteiger partial charge in [0.25, 0.3) is 5.91 Å². The Labute approximate surface area is 105 Å². The van der Waals surface area contributed by atoms with Crippen LogP contribution in [-0.2, 0) is 0 Å². The molecule has 1 unspecified atom stereocenters. The van der Waals surface area contributed by atoms with Crippen molar-refractivity contribution in [3.8, 4) is 11.5 Å².